The van der Waals surface area contributed by atoms with Gasteiger partial charge in [0.05, 0.1) is 42.3 Å². The second-order valence-corrected chi connectivity index (χ2v) is 6.03. The average molecular weight is 386 g/mol. The minimum atomic E-state index is -0.842. The molecule has 0 unspecified atom stereocenters. The molecule has 6 nitrogen and oxygen atoms in total. The van der Waals surface area contributed by atoms with Crippen molar-refractivity contribution >= 4 is 34.4 Å². The summed E-state index contributed by atoms with van der Waals surface area (Å²) in [6, 6.07) is 1.40. The Hall–Kier alpha value is -2.28. The summed E-state index contributed by atoms with van der Waals surface area (Å²) in [6.45, 7) is 2.48. The molecule has 0 radical (unpaired) electrons. The maximum atomic E-state index is 14.6. The van der Waals surface area contributed by atoms with E-state index >= 15 is 0 Å². The highest BCUT2D eigenvalue weighted by Gasteiger charge is 2.23. The minimum Gasteiger partial charge on any atom is -0.494 e. The van der Waals surface area contributed by atoms with Crippen LogP contribution in [0.4, 0.5) is 4.39 Å². The second kappa shape index (κ2) is 8.89. The predicted molar refractivity (Wildman–Crippen MR) is 95.3 cm³/mol. The first kappa shape index (κ1) is 20.0. The van der Waals surface area contributed by atoms with Crippen molar-refractivity contribution in [3.63, 3.8) is 0 Å². The van der Waals surface area contributed by atoms with Crippen LogP contribution in [0.1, 0.15) is 36.5 Å². The van der Waals surface area contributed by atoms with Crippen LogP contribution < -0.4 is 4.74 Å². The van der Waals surface area contributed by atoms with Crippen LogP contribution in [0.3, 0.4) is 0 Å². The van der Waals surface area contributed by atoms with Crippen LogP contribution in [0, 0.1) is 5.82 Å². The number of fused-ring (bicyclic) bond motifs is 1. The van der Waals surface area contributed by atoms with Gasteiger partial charge in [-0.1, -0.05) is 18.5 Å². The Labute approximate surface area is 155 Å². The molecule has 2 aromatic rings. The quantitative estimate of drug-likeness (QED) is 0.643. The Morgan fingerprint density at radius 3 is 2.65 bits per heavy atom. The summed E-state index contributed by atoms with van der Waals surface area (Å²) in [5.41, 5.74) is 0.299. The summed E-state index contributed by atoms with van der Waals surface area (Å²) in [5, 5.41) is 0.172. The van der Waals surface area contributed by atoms with Gasteiger partial charge in [0.1, 0.15) is 5.75 Å². The third-order valence-electron chi connectivity index (χ3n) is 3.90. The van der Waals surface area contributed by atoms with E-state index in [1.165, 1.54) is 20.3 Å². The highest BCUT2D eigenvalue weighted by atomic mass is 35.5. The average Bonchev–Trinajstić information content (AvgIpc) is 3.00. The fourth-order valence-electron chi connectivity index (χ4n) is 2.61. The summed E-state index contributed by atoms with van der Waals surface area (Å²) < 4.78 is 31.3. The van der Waals surface area contributed by atoms with Gasteiger partial charge < -0.3 is 18.8 Å². The molecule has 2 rings (SSSR count). The zero-order valence-corrected chi connectivity index (χ0v) is 15.7. The topological polar surface area (TPSA) is 66.8 Å². The summed E-state index contributed by atoms with van der Waals surface area (Å²) >= 11 is 6.16. The van der Waals surface area contributed by atoms with E-state index < -0.39 is 11.8 Å². The lowest BCUT2D eigenvalue weighted by Crippen LogP contribution is -2.09. The Morgan fingerprint density at radius 2 is 2.04 bits per heavy atom. The van der Waals surface area contributed by atoms with Gasteiger partial charge >= 0.3 is 11.9 Å². The SMILES string of the molecule is CCCOC(=O)c1cc2c(c(OC)cn2CCCC(=O)OC)c(Cl)c1F. The van der Waals surface area contributed by atoms with Crippen molar-refractivity contribution in [3.05, 3.63) is 28.7 Å². The van der Waals surface area contributed by atoms with E-state index in [2.05, 4.69) is 4.74 Å². The standard InChI is InChI=1S/C18H21ClFNO5/c1-4-8-26-18(23)11-9-12-15(16(19)17(11)20)13(24-2)10-21(12)7-5-6-14(22)25-3/h9-10H,4-8H2,1-3H3. The van der Waals surface area contributed by atoms with Gasteiger partial charge in [-0.05, 0) is 18.9 Å². The largest absolute Gasteiger partial charge is 0.494 e. The van der Waals surface area contributed by atoms with E-state index in [4.69, 9.17) is 21.1 Å². The van der Waals surface area contributed by atoms with Crippen LogP contribution in [0.5, 0.6) is 5.75 Å². The van der Waals surface area contributed by atoms with Gasteiger partial charge in [0.25, 0.3) is 0 Å². The molecule has 1 heterocycles. The number of aryl methyl sites for hydroxylation is 1. The van der Waals surface area contributed by atoms with Crippen molar-refractivity contribution in [2.75, 3.05) is 20.8 Å². The summed E-state index contributed by atoms with van der Waals surface area (Å²) in [7, 11) is 2.78. The Kier molecular flexibility index (Phi) is 6.85. The number of methoxy groups -OCH3 is 2. The molecule has 0 atom stereocenters. The summed E-state index contributed by atoms with van der Waals surface area (Å²) in [6.07, 6.45) is 3.03. The number of carbonyl (C=O) groups is 2. The molecule has 0 spiro atoms. The molecule has 1 aromatic heterocycles. The van der Waals surface area contributed by atoms with Crippen LogP contribution in [0.15, 0.2) is 12.3 Å². The van der Waals surface area contributed by atoms with Gasteiger partial charge in [0, 0.05) is 19.2 Å². The number of hydrogen-bond acceptors (Lipinski definition) is 5. The lowest BCUT2D eigenvalue weighted by Gasteiger charge is -2.09. The molecular formula is C18H21ClFNO5. The predicted octanol–water partition coefficient (Wildman–Crippen LogP) is 3.96. The molecular weight excluding hydrogens is 365 g/mol. The van der Waals surface area contributed by atoms with Gasteiger partial charge in [0.2, 0.25) is 0 Å². The van der Waals surface area contributed by atoms with Crippen LogP contribution in [0.2, 0.25) is 5.02 Å². The van der Waals surface area contributed by atoms with Gasteiger partial charge in [-0.3, -0.25) is 4.79 Å². The molecule has 0 saturated carbocycles. The number of ether oxygens (including phenoxy) is 3. The fraction of sp³-hybridized carbons (Fsp3) is 0.444. The number of esters is 2. The van der Waals surface area contributed by atoms with E-state index in [9.17, 15) is 14.0 Å². The fourth-order valence-corrected chi connectivity index (χ4v) is 2.90. The number of aromatic nitrogens is 1. The van der Waals surface area contributed by atoms with Crippen molar-refractivity contribution in [1.29, 1.82) is 0 Å². The maximum Gasteiger partial charge on any atom is 0.341 e. The molecule has 0 aliphatic heterocycles. The van der Waals surface area contributed by atoms with Crippen molar-refractivity contribution in [3.8, 4) is 5.75 Å². The molecule has 0 bridgehead atoms. The summed E-state index contributed by atoms with van der Waals surface area (Å²) in [4.78, 5) is 23.4. The molecule has 0 amide bonds. The van der Waals surface area contributed by atoms with Crippen molar-refractivity contribution in [2.45, 2.75) is 32.7 Å². The van der Waals surface area contributed by atoms with Crippen LogP contribution in [-0.4, -0.2) is 37.3 Å². The Balaban J connectivity index is 2.44. The number of carbonyl (C=O) groups excluding carboxylic acids is 2. The van der Waals surface area contributed by atoms with Crippen LogP contribution in [0.25, 0.3) is 10.9 Å². The van der Waals surface area contributed by atoms with E-state index in [1.54, 1.807) is 10.8 Å². The first-order valence-corrected chi connectivity index (χ1v) is 8.61. The normalized spacial score (nSPS) is 10.8. The molecule has 0 saturated heterocycles. The van der Waals surface area contributed by atoms with Gasteiger partial charge in [0.15, 0.2) is 5.82 Å². The first-order chi connectivity index (χ1) is 12.4. The Bertz CT molecular complexity index is 818. The lowest BCUT2D eigenvalue weighted by atomic mass is 10.1. The number of rotatable bonds is 8. The molecule has 1 aromatic carbocycles. The van der Waals surface area contributed by atoms with Crippen LogP contribution in [-0.2, 0) is 20.8 Å². The Morgan fingerprint density at radius 1 is 1.31 bits per heavy atom. The molecule has 142 valence electrons. The molecule has 0 N–H and O–H groups in total. The molecule has 0 aliphatic carbocycles. The van der Waals surface area contributed by atoms with Gasteiger partial charge in [-0.2, -0.15) is 0 Å². The first-order valence-electron chi connectivity index (χ1n) is 8.23. The van der Waals surface area contributed by atoms with Crippen molar-refractivity contribution in [1.82, 2.24) is 4.57 Å². The summed E-state index contributed by atoms with van der Waals surface area (Å²) in [5.74, 6) is -1.54. The number of benzene rings is 1. The van der Waals surface area contributed by atoms with Crippen LogP contribution >= 0.6 is 11.6 Å². The van der Waals surface area contributed by atoms with E-state index in [0.29, 0.717) is 36.0 Å². The van der Waals surface area contributed by atoms with Gasteiger partial charge in [-0.25, -0.2) is 9.18 Å². The zero-order chi connectivity index (χ0) is 19.3. The number of hydrogen-bond donors (Lipinski definition) is 0. The molecule has 0 aliphatic rings. The van der Waals surface area contributed by atoms with E-state index in [0.717, 1.165) is 0 Å². The van der Waals surface area contributed by atoms with E-state index in [1.807, 2.05) is 6.92 Å². The molecule has 0 fully saturated rings. The zero-order valence-electron chi connectivity index (χ0n) is 14.9. The van der Waals surface area contributed by atoms with E-state index in [-0.39, 0.29) is 29.6 Å². The molecule has 8 heteroatoms. The third-order valence-corrected chi connectivity index (χ3v) is 4.25. The highest BCUT2D eigenvalue weighted by Crippen LogP contribution is 2.37. The molecule has 26 heavy (non-hydrogen) atoms. The minimum absolute atomic E-state index is 0.192. The maximum absolute atomic E-state index is 14.6. The smallest absolute Gasteiger partial charge is 0.341 e. The number of halogens is 2. The monoisotopic (exact) mass is 385 g/mol. The second-order valence-electron chi connectivity index (χ2n) is 5.65. The van der Waals surface area contributed by atoms with Crippen molar-refractivity contribution < 1.29 is 28.2 Å². The highest BCUT2D eigenvalue weighted by molar-refractivity contribution is 6.36. The van der Waals surface area contributed by atoms with Crippen molar-refractivity contribution in [2.24, 2.45) is 0 Å². The van der Waals surface area contributed by atoms with Gasteiger partial charge in [-0.15, -0.1) is 0 Å². The lowest BCUT2D eigenvalue weighted by molar-refractivity contribution is -0.140. The third kappa shape index (κ3) is 4.09. The number of nitrogens with zero attached hydrogens (tertiary/aromatic N) is 1.